The maximum Gasteiger partial charge on any atom is 0.145 e. The van der Waals surface area contributed by atoms with Crippen molar-refractivity contribution in [2.24, 2.45) is 0 Å². The standard InChI is InChI=1S/C19H15FN6/c20-10-4-1-5-11(21)16(10)18-19-25-17-12(22)6-2-7-13(17)23-14-8-3-9-15(24-18)26(14)19/h1-9,23,25H,21-22H2. The molecule has 0 aliphatic carbocycles. The van der Waals surface area contributed by atoms with E-state index >= 15 is 0 Å². The summed E-state index contributed by atoms with van der Waals surface area (Å²) >= 11 is 0. The molecule has 3 heterocycles. The first-order valence-corrected chi connectivity index (χ1v) is 8.12. The van der Waals surface area contributed by atoms with E-state index in [0.29, 0.717) is 33.9 Å². The van der Waals surface area contributed by atoms with E-state index in [0.717, 1.165) is 11.2 Å². The molecule has 6 nitrogen and oxygen atoms in total. The van der Waals surface area contributed by atoms with Crippen LogP contribution in [0, 0.1) is 5.82 Å². The molecule has 6 N–H and O–H groups in total. The molecule has 0 aliphatic rings. The molecule has 0 fully saturated rings. The second-order valence-corrected chi connectivity index (χ2v) is 6.14. The summed E-state index contributed by atoms with van der Waals surface area (Å²) in [5.74, 6) is -0.425. The number of imidazole rings is 1. The third kappa shape index (κ3) is 1.94. The number of para-hydroxylation sites is 1. The van der Waals surface area contributed by atoms with Crippen LogP contribution in [0.1, 0.15) is 0 Å². The number of anilines is 2. The van der Waals surface area contributed by atoms with Gasteiger partial charge < -0.3 is 21.4 Å². The van der Waals surface area contributed by atoms with Crippen molar-refractivity contribution in [2.75, 3.05) is 11.5 Å². The minimum atomic E-state index is -0.425. The largest absolute Gasteiger partial charge is 0.398 e. The number of hydrogen-bond acceptors (Lipinski definition) is 3. The van der Waals surface area contributed by atoms with E-state index in [1.54, 1.807) is 18.2 Å². The number of aromatic amines is 2. The maximum atomic E-state index is 14.6. The average Bonchev–Trinajstić information content (AvgIpc) is 2.86. The molecule has 5 aromatic rings. The Morgan fingerprint density at radius 1 is 0.885 bits per heavy atom. The van der Waals surface area contributed by atoms with Crippen LogP contribution in [-0.4, -0.2) is 19.4 Å². The lowest BCUT2D eigenvalue weighted by molar-refractivity contribution is 0.631. The van der Waals surface area contributed by atoms with E-state index in [1.165, 1.54) is 6.07 Å². The summed E-state index contributed by atoms with van der Waals surface area (Å²) < 4.78 is 16.5. The fourth-order valence-corrected chi connectivity index (χ4v) is 3.34. The van der Waals surface area contributed by atoms with Crippen molar-refractivity contribution in [3.63, 3.8) is 0 Å². The zero-order valence-corrected chi connectivity index (χ0v) is 13.6. The van der Waals surface area contributed by atoms with E-state index in [-0.39, 0.29) is 5.56 Å². The second kappa shape index (κ2) is 5.13. The highest BCUT2D eigenvalue weighted by Crippen LogP contribution is 2.33. The molecule has 0 spiro atoms. The van der Waals surface area contributed by atoms with Crippen LogP contribution in [-0.2, 0) is 0 Å². The molecule has 5 rings (SSSR count). The summed E-state index contributed by atoms with van der Waals surface area (Å²) in [6.45, 7) is 0. The van der Waals surface area contributed by atoms with Gasteiger partial charge in [0.1, 0.15) is 28.5 Å². The quantitative estimate of drug-likeness (QED) is 0.347. The smallest absolute Gasteiger partial charge is 0.145 e. The van der Waals surface area contributed by atoms with E-state index in [9.17, 15) is 4.39 Å². The summed E-state index contributed by atoms with van der Waals surface area (Å²) in [7, 11) is 0. The van der Waals surface area contributed by atoms with Crippen LogP contribution in [0.4, 0.5) is 15.8 Å². The topological polar surface area (TPSA) is 101 Å². The summed E-state index contributed by atoms with van der Waals surface area (Å²) in [5, 5.41) is 0. The highest BCUT2D eigenvalue weighted by atomic mass is 19.1. The number of nitrogens with two attached hydrogens (primary N) is 2. The van der Waals surface area contributed by atoms with Crippen LogP contribution in [0.5, 0.6) is 0 Å². The Hall–Kier alpha value is -3.74. The maximum absolute atomic E-state index is 14.6. The Morgan fingerprint density at radius 3 is 2.50 bits per heavy atom. The highest BCUT2D eigenvalue weighted by Gasteiger charge is 2.18. The van der Waals surface area contributed by atoms with Gasteiger partial charge in [-0.3, -0.25) is 4.40 Å². The summed E-state index contributed by atoms with van der Waals surface area (Å²) in [6, 6.07) is 15.9. The molecule has 0 saturated heterocycles. The first kappa shape index (κ1) is 14.6. The minimum absolute atomic E-state index is 0.266. The van der Waals surface area contributed by atoms with E-state index in [2.05, 4.69) is 15.0 Å². The van der Waals surface area contributed by atoms with Crippen molar-refractivity contribution in [3.8, 4) is 11.3 Å². The summed E-state index contributed by atoms with van der Waals surface area (Å²) in [5.41, 5.74) is 17.4. The van der Waals surface area contributed by atoms with Crippen molar-refractivity contribution >= 4 is 39.3 Å². The van der Waals surface area contributed by atoms with Crippen molar-refractivity contribution in [1.82, 2.24) is 19.4 Å². The molecule has 26 heavy (non-hydrogen) atoms. The van der Waals surface area contributed by atoms with Gasteiger partial charge in [0.2, 0.25) is 0 Å². The van der Waals surface area contributed by atoms with Crippen molar-refractivity contribution in [3.05, 3.63) is 60.4 Å². The lowest BCUT2D eigenvalue weighted by Gasteiger charge is -2.04. The van der Waals surface area contributed by atoms with Crippen molar-refractivity contribution in [2.45, 2.75) is 0 Å². The first-order valence-electron chi connectivity index (χ1n) is 8.12. The van der Waals surface area contributed by atoms with Gasteiger partial charge in [0.15, 0.2) is 0 Å². The Bertz CT molecular complexity index is 1300. The number of rotatable bonds is 1. The Labute approximate surface area is 146 Å². The van der Waals surface area contributed by atoms with Gasteiger partial charge in [0.05, 0.1) is 22.3 Å². The number of fused-ring (bicyclic) bond motifs is 1. The molecule has 0 atom stereocenters. The van der Waals surface area contributed by atoms with Gasteiger partial charge in [-0.2, -0.15) is 0 Å². The number of hydrogen-bond donors (Lipinski definition) is 4. The van der Waals surface area contributed by atoms with E-state index < -0.39 is 5.82 Å². The lowest BCUT2D eigenvalue weighted by Crippen LogP contribution is -1.95. The Balaban J connectivity index is 2.06. The SMILES string of the molecule is Nc1cccc(F)c1-c1nc2cccc3[nH]c4cccc(N)c4[nH]c1n23. The van der Waals surface area contributed by atoms with Crippen LogP contribution < -0.4 is 11.5 Å². The molecule has 0 aliphatic heterocycles. The first-order chi connectivity index (χ1) is 12.6. The normalized spacial score (nSPS) is 11.6. The van der Waals surface area contributed by atoms with Gasteiger partial charge in [0.25, 0.3) is 0 Å². The predicted octanol–water partition coefficient (Wildman–Crippen LogP) is 3.83. The molecular formula is C19H15FN6. The predicted molar refractivity (Wildman–Crippen MR) is 102 cm³/mol. The molecule has 128 valence electrons. The van der Waals surface area contributed by atoms with Crippen molar-refractivity contribution < 1.29 is 4.39 Å². The monoisotopic (exact) mass is 346 g/mol. The van der Waals surface area contributed by atoms with Crippen LogP contribution in [0.15, 0.2) is 54.6 Å². The summed E-state index contributed by atoms with van der Waals surface area (Å²) in [4.78, 5) is 11.3. The zero-order chi connectivity index (χ0) is 17.8. The molecule has 0 unspecified atom stereocenters. The van der Waals surface area contributed by atoms with E-state index in [1.807, 2.05) is 34.7 Å². The summed E-state index contributed by atoms with van der Waals surface area (Å²) in [6.07, 6.45) is 0. The molecular weight excluding hydrogens is 331 g/mol. The van der Waals surface area contributed by atoms with Gasteiger partial charge in [-0.1, -0.05) is 18.2 Å². The fraction of sp³-hybridized carbons (Fsp3) is 0. The van der Waals surface area contributed by atoms with Crippen LogP contribution in [0.25, 0.3) is 39.2 Å². The van der Waals surface area contributed by atoms with Crippen LogP contribution >= 0.6 is 0 Å². The number of pyridine rings is 1. The fourth-order valence-electron chi connectivity index (χ4n) is 3.34. The molecule has 2 aromatic carbocycles. The Kier molecular flexibility index (Phi) is 2.88. The Morgan fingerprint density at radius 2 is 1.65 bits per heavy atom. The highest BCUT2D eigenvalue weighted by molar-refractivity contribution is 5.92. The number of benzene rings is 2. The van der Waals surface area contributed by atoms with Gasteiger partial charge in [-0.15, -0.1) is 0 Å². The number of nitrogen functional groups attached to an aromatic ring is 2. The number of halogens is 1. The van der Waals surface area contributed by atoms with Crippen molar-refractivity contribution in [1.29, 1.82) is 0 Å². The lowest BCUT2D eigenvalue weighted by atomic mass is 10.1. The number of aromatic nitrogens is 4. The van der Waals surface area contributed by atoms with Gasteiger partial charge in [0, 0.05) is 5.69 Å². The van der Waals surface area contributed by atoms with Gasteiger partial charge in [-0.05, 0) is 36.4 Å². The van der Waals surface area contributed by atoms with Gasteiger partial charge in [-0.25, -0.2) is 9.37 Å². The molecule has 7 heteroatoms. The van der Waals surface area contributed by atoms with Crippen LogP contribution in [0.2, 0.25) is 0 Å². The molecule has 0 radical (unpaired) electrons. The minimum Gasteiger partial charge on any atom is -0.398 e. The van der Waals surface area contributed by atoms with E-state index in [4.69, 9.17) is 11.5 Å². The zero-order valence-electron chi connectivity index (χ0n) is 13.6. The average molecular weight is 346 g/mol. The number of nitrogens with one attached hydrogen (secondary N) is 2. The second-order valence-electron chi connectivity index (χ2n) is 6.14. The molecule has 0 bridgehead atoms. The number of nitrogens with zero attached hydrogens (tertiary/aromatic N) is 2. The van der Waals surface area contributed by atoms with Gasteiger partial charge >= 0.3 is 0 Å². The third-order valence-electron chi connectivity index (χ3n) is 4.53. The number of H-pyrrole nitrogens is 2. The van der Waals surface area contributed by atoms with Crippen LogP contribution in [0.3, 0.4) is 0 Å². The molecule has 0 saturated carbocycles. The third-order valence-corrected chi connectivity index (χ3v) is 4.53. The molecule has 3 aromatic heterocycles. The molecule has 0 amide bonds.